The lowest BCUT2D eigenvalue weighted by Gasteiger charge is -2.32. The molecule has 7 heteroatoms. The molecule has 2 aromatic heterocycles. The van der Waals surface area contributed by atoms with Crippen LogP contribution in [0, 0.1) is 0 Å². The van der Waals surface area contributed by atoms with Gasteiger partial charge >= 0.3 is 0 Å². The van der Waals surface area contributed by atoms with E-state index in [1.54, 1.807) is 18.3 Å². The van der Waals surface area contributed by atoms with Crippen LogP contribution in [0.4, 0.5) is 0 Å². The van der Waals surface area contributed by atoms with Crippen LogP contribution in [0.25, 0.3) is 11.0 Å². The number of hydrogen-bond acceptors (Lipinski definition) is 4. The third-order valence-electron chi connectivity index (χ3n) is 6.01. The molecular weight excluding hydrogens is 426 g/mol. The second-order valence-electron chi connectivity index (χ2n) is 8.13. The molecule has 1 aliphatic heterocycles. The van der Waals surface area contributed by atoms with E-state index in [1.165, 1.54) is 10.9 Å². The first-order valence-corrected chi connectivity index (χ1v) is 11.8. The standard InChI is InChI=1S/C25H30ClN3O3/c1-3-5-13-32-23-21(26)14-18(15-22(23)31-4-2)25(30)29-11-8-17(9-12-29)20-16-28-24-19(20)7-6-10-27-24/h6-7,10,14-17H,3-5,8-9,11-13H2,1-2H3,(H,27,28). The lowest BCUT2D eigenvalue weighted by atomic mass is 9.89. The number of halogens is 1. The summed E-state index contributed by atoms with van der Waals surface area (Å²) < 4.78 is 11.6. The quantitative estimate of drug-likeness (QED) is 0.435. The highest BCUT2D eigenvalue weighted by molar-refractivity contribution is 6.32. The molecule has 0 radical (unpaired) electrons. The van der Waals surface area contributed by atoms with Gasteiger partial charge in [0.05, 0.1) is 18.2 Å². The van der Waals surface area contributed by atoms with Crippen LogP contribution >= 0.6 is 11.6 Å². The topological polar surface area (TPSA) is 67.5 Å². The molecule has 32 heavy (non-hydrogen) atoms. The third-order valence-corrected chi connectivity index (χ3v) is 6.29. The van der Waals surface area contributed by atoms with Gasteiger partial charge in [0.25, 0.3) is 5.91 Å². The molecule has 1 saturated heterocycles. The lowest BCUT2D eigenvalue weighted by molar-refractivity contribution is 0.0712. The zero-order valence-corrected chi connectivity index (χ0v) is 19.5. The first-order chi connectivity index (χ1) is 15.6. The Labute approximate surface area is 193 Å². The van der Waals surface area contributed by atoms with Gasteiger partial charge in [0.1, 0.15) is 5.65 Å². The summed E-state index contributed by atoms with van der Waals surface area (Å²) in [5, 5.41) is 1.58. The largest absolute Gasteiger partial charge is 0.490 e. The highest BCUT2D eigenvalue weighted by atomic mass is 35.5. The van der Waals surface area contributed by atoms with E-state index in [1.807, 2.05) is 17.9 Å². The predicted molar refractivity (Wildman–Crippen MR) is 127 cm³/mol. The highest BCUT2D eigenvalue weighted by Gasteiger charge is 2.27. The van der Waals surface area contributed by atoms with Gasteiger partial charge in [-0.1, -0.05) is 24.9 Å². The van der Waals surface area contributed by atoms with Gasteiger partial charge in [-0.15, -0.1) is 0 Å². The van der Waals surface area contributed by atoms with Crippen LogP contribution in [-0.4, -0.2) is 47.1 Å². The average Bonchev–Trinajstić information content (AvgIpc) is 3.25. The number of fused-ring (bicyclic) bond motifs is 1. The summed E-state index contributed by atoms with van der Waals surface area (Å²) in [7, 11) is 0. The van der Waals surface area contributed by atoms with Gasteiger partial charge in [0.15, 0.2) is 11.5 Å². The summed E-state index contributed by atoms with van der Waals surface area (Å²) in [4.78, 5) is 22.8. The van der Waals surface area contributed by atoms with Crippen molar-refractivity contribution in [2.75, 3.05) is 26.3 Å². The number of unbranched alkanes of at least 4 members (excludes halogenated alkanes) is 1. The Morgan fingerprint density at radius 1 is 1.25 bits per heavy atom. The summed E-state index contributed by atoms with van der Waals surface area (Å²) in [5.41, 5.74) is 2.74. The van der Waals surface area contributed by atoms with Crippen molar-refractivity contribution in [3.63, 3.8) is 0 Å². The van der Waals surface area contributed by atoms with E-state index < -0.39 is 0 Å². The van der Waals surface area contributed by atoms with Crippen LogP contribution in [0.1, 0.15) is 61.4 Å². The molecule has 6 nitrogen and oxygen atoms in total. The van der Waals surface area contributed by atoms with Gasteiger partial charge < -0.3 is 19.4 Å². The Kier molecular flexibility index (Phi) is 7.20. The van der Waals surface area contributed by atoms with Gasteiger partial charge in [-0.3, -0.25) is 4.79 Å². The first-order valence-electron chi connectivity index (χ1n) is 11.4. The Hall–Kier alpha value is -2.73. The van der Waals surface area contributed by atoms with E-state index in [0.717, 1.165) is 31.3 Å². The molecule has 0 aliphatic carbocycles. The minimum Gasteiger partial charge on any atom is -0.490 e. The molecule has 1 fully saturated rings. The van der Waals surface area contributed by atoms with Crippen molar-refractivity contribution in [3.8, 4) is 11.5 Å². The van der Waals surface area contributed by atoms with Crippen LogP contribution in [0.2, 0.25) is 5.02 Å². The molecule has 1 N–H and O–H groups in total. The normalized spacial score (nSPS) is 14.7. The molecular formula is C25H30ClN3O3. The number of nitrogens with zero attached hydrogens (tertiary/aromatic N) is 2. The number of benzene rings is 1. The summed E-state index contributed by atoms with van der Waals surface area (Å²) in [5.74, 6) is 1.44. The number of ether oxygens (including phenoxy) is 2. The molecule has 0 unspecified atom stereocenters. The predicted octanol–water partition coefficient (Wildman–Crippen LogP) is 5.81. The number of hydrogen-bond donors (Lipinski definition) is 1. The summed E-state index contributed by atoms with van der Waals surface area (Å²) in [6.07, 6.45) is 7.65. The SMILES string of the molecule is CCCCOc1c(Cl)cc(C(=O)N2CCC(c3c[nH]c4ncccc34)CC2)cc1OCC. The van der Waals surface area contributed by atoms with Crippen molar-refractivity contribution < 1.29 is 14.3 Å². The molecule has 1 aliphatic rings. The lowest BCUT2D eigenvalue weighted by Crippen LogP contribution is -2.37. The number of piperidine rings is 1. The third kappa shape index (κ3) is 4.70. The van der Waals surface area contributed by atoms with Crippen LogP contribution in [-0.2, 0) is 0 Å². The Balaban J connectivity index is 1.46. The van der Waals surface area contributed by atoms with Gasteiger partial charge in [0.2, 0.25) is 0 Å². The molecule has 0 spiro atoms. The van der Waals surface area contributed by atoms with E-state index in [2.05, 4.69) is 29.2 Å². The Morgan fingerprint density at radius 2 is 2.06 bits per heavy atom. The molecule has 3 heterocycles. The number of carbonyl (C=O) groups excluding carboxylic acids is 1. The van der Waals surface area contributed by atoms with Crippen LogP contribution in [0.15, 0.2) is 36.7 Å². The van der Waals surface area contributed by atoms with E-state index in [-0.39, 0.29) is 5.91 Å². The first kappa shape index (κ1) is 22.5. The monoisotopic (exact) mass is 455 g/mol. The van der Waals surface area contributed by atoms with Gasteiger partial charge in [0, 0.05) is 36.4 Å². The van der Waals surface area contributed by atoms with E-state index in [9.17, 15) is 4.79 Å². The zero-order chi connectivity index (χ0) is 22.5. The van der Waals surface area contributed by atoms with Crippen molar-refractivity contribution in [1.82, 2.24) is 14.9 Å². The zero-order valence-electron chi connectivity index (χ0n) is 18.7. The Bertz CT molecular complexity index is 1070. The summed E-state index contributed by atoms with van der Waals surface area (Å²) in [6, 6.07) is 7.53. The number of nitrogens with one attached hydrogen (secondary N) is 1. The van der Waals surface area contributed by atoms with Gasteiger partial charge in [-0.05, 0) is 61.9 Å². The maximum absolute atomic E-state index is 13.2. The maximum atomic E-state index is 13.2. The summed E-state index contributed by atoms with van der Waals surface area (Å²) >= 11 is 6.49. The average molecular weight is 456 g/mol. The molecule has 0 bridgehead atoms. The number of likely N-dealkylation sites (tertiary alicyclic amines) is 1. The number of H-pyrrole nitrogens is 1. The van der Waals surface area contributed by atoms with Crippen molar-refractivity contribution in [2.24, 2.45) is 0 Å². The molecule has 4 rings (SSSR count). The number of amides is 1. The second kappa shape index (κ2) is 10.3. The second-order valence-corrected chi connectivity index (χ2v) is 8.54. The molecule has 1 amide bonds. The van der Waals surface area contributed by atoms with Gasteiger partial charge in [-0.25, -0.2) is 4.98 Å². The number of pyridine rings is 1. The fourth-order valence-corrected chi connectivity index (χ4v) is 4.57. The fourth-order valence-electron chi connectivity index (χ4n) is 4.30. The van der Waals surface area contributed by atoms with E-state index in [4.69, 9.17) is 21.1 Å². The minimum absolute atomic E-state index is 0.0213. The van der Waals surface area contributed by atoms with Crippen LogP contribution < -0.4 is 9.47 Å². The Morgan fingerprint density at radius 3 is 2.81 bits per heavy atom. The fraction of sp³-hybridized carbons (Fsp3) is 0.440. The van der Waals surface area contributed by atoms with Crippen LogP contribution in [0.3, 0.4) is 0 Å². The van der Waals surface area contributed by atoms with E-state index in [0.29, 0.717) is 54.3 Å². The molecule has 170 valence electrons. The highest BCUT2D eigenvalue weighted by Crippen LogP contribution is 2.38. The summed E-state index contributed by atoms with van der Waals surface area (Å²) in [6.45, 7) is 6.46. The smallest absolute Gasteiger partial charge is 0.254 e. The van der Waals surface area contributed by atoms with Crippen molar-refractivity contribution in [3.05, 3.63) is 52.8 Å². The maximum Gasteiger partial charge on any atom is 0.254 e. The van der Waals surface area contributed by atoms with E-state index >= 15 is 0 Å². The van der Waals surface area contributed by atoms with Gasteiger partial charge in [-0.2, -0.15) is 0 Å². The molecule has 0 atom stereocenters. The number of rotatable bonds is 8. The number of aromatic nitrogens is 2. The molecule has 3 aromatic rings. The van der Waals surface area contributed by atoms with Crippen molar-refractivity contribution >= 4 is 28.5 Å². The number of carbonyl (C=O) groups is 1. The molecule has 0 saturated carbocycles. The minimum atomic E-state index is -0.0213. The van der Waals surface area contributed by atoms with Crippen molar-refractivity contribution in [1.29, 1.82) is 0 Å². The number of aromatic amines is 1. The molecule has 1 aromatic carbocycles. The van der Waals surface area contributed by atoms with Crippen molar-refractivity contribution in [2.45, 2.75) is 45.4 Å². The van der Waals surface area contributed by atoms with Crippen LogP contribution in [0.5, 0.6) is 11.5 Å².